The normalized spacial score (nSPS) is 16.9. The molecule has 1 aliphatic carbocycles. The van der Waals surface area contributed by atoms with Crippen LogP contribution in [0.5, 0.6) is 0 Å². The van der Waals surface area contributed by atoms with E-state index in [1.165, 1.54) is 12.8 Å². The maximum absolute atomic E-state index is 9.64. The van der Waals surface area contributed by atoms with Gasteiger partial charge in [-0.15, -0.1) is 0 Å². The zero-order valence-corrected chi connectivity index (χ0v) is 13.0. The van der Waals surface area contributed by atoms with Gasteiger partial charge in [0.2, 0.25) is 17.8 Å². The molecule has 1 saturated carbocycles. The Bertz CT molecular complexity index is 457. The highest BCUT2D eigenvalue weighted by atomic mass is 16.3. The predicted molar refractivity (Wildman–Crippen MR) is 84.3 cm³/mol. The second-order valence-corrected chi connectivity index (χ2v) is 5.71. The number of nitrogens with two attached hydrogens (primary N) is 1. The summed E-state index contributed by atoms with van der Waals surface area (Å²) in [5, 5.41) is 12.9. The first kappa shape index (κ1) is 15.8. The molecule has 118 valence electrons. The van der Waals surface area contributed by atoms with Gasteiger partial charge in [0.15, 0.2) is 0 Å². The second-order valence-electron chi connectivity index (χ2n) is 5.71. The van der Waals surface area contributed by atoms with Crippen molar-refractivity contribution in [3.8, 4) is 0 Å². The number of hydrogen-bond acceptors (Lipinski definition) is 7. The summed E-state index contributed by atoms with van der Waals surface area (Å²) in [7, 11) is 0. The van der Waals surface area contributed by atoms with Crippen LogP contribution in [0.3, 0.4) is 0 Å². The van der Waals surface area contributed by atoms with E-state index in [0.717, 1.165) is 25.9 Å². The standard InChI is InChI=1S/C14H26N6O/c1-3-20(4-2)13-18-11(15)17-12(19-13)16-9-14(10-21)7-5-6-8-14/h21H,3-10H2,1-2H3,(H3,15,16,17,18,19). The number of nitrogens with one attached hydrogen (secondary N) is 1. The van der Waals surface area contributed by atoms with Gasteiger partial charge in [-0.2, -0.15) is 15.0 Å². The van der Waals surface area contributed by atoms with Crippen molar-refractivity contribution in [3.05, 3.63) is 0 Å². The van der Waals surface area contributed by atoms with Crippen molar-refractivity contribution in [3.63, 3.8) is 0 Å². The summed E-state index contributed by atoms with van der Waals surface area (Å²) < 4.78 is 0. The minimum atomic E-state index is -0.0449. The lowest BCUT2D eigenvalue weighted by atomic mass is 9.87. The Labute approximate surface area is 126 Å². The molecule has 0 atom stereocenters. The van der Waals surface area contributed by atoms with Gasteiger partial charge < -0.3 is 21.1 Å². The van der Waals surface area contributed by atoms with Crippen molar-refractivity contribution >= 4 is 17.8 Å². The van der Waals surface area contributed by atoms with Crippen LogP contribution in [0.1, 0.15) is 39.5 Å². The van der Waals surface area contributed by atoms with Crippen molar-refractivity contribution in [2.75, 3.05) is 42.2 Å². The number of nitrogens with zero attached hydrogens (tertiary/aromatic N) is 4. The van der Waals surface area contributed by atoms with Crippen molar-refractivity contribution < 1.29 is 5.11 Å². The molecule has 2 rings (SSSR count). The molecule has 0 amide bonds. The van der Waals surface area contributed by atoms with Crippen molar-refractivity contribution in [2.24, 2.45) is 5.41 Å². The highest BCUT2D eigenvalue weighted by Gasteiger charge is 2.33. The first-order chi connectivity index (χ1) is 10.1. The van der Waals surface area contributed by atoms with Crippen molar-refractivity contribution in [2.45, 2.75) is 39.5 Å². The van der Waals surface area contributed by atoms with Gasteiger partial charge in [-0.3, -0.25) is 0 Å². The van der Waals surface area contributed by atoms with Crippen LogP contribution < -0.4 is 16.0 Å². The highest BCUT2D eigenvalue weighted by molar-refractivity contribution is 5.41. The molecule has 4 N–H and O–H groups in total. The molecule has 0 spiro atoms. The summed E-state index contributed by atoms with van der Waals surface area (Å²) in [4.78, 5) is 14.8. The first-order valence-corrected chi connectivity index (χ1v) is 7.73. The molecule has 21 heavy (non-hydrogen) atoms. The van der Waals surface area contributed by atoms with E-state index in [4.69, 9.17) is 5.73 Å². The van der Waals surface area contributed by atoms with Gasteiger partial charge in [0, 0.05) is 25.0 Å². The molecule has 0 aliphatic heterocycles. The third kappa shape index (κ3) is 3.72. The van der Waals surface area contributed by atoms with Gasteiger partial charge in [-0.1, -0.05) is 12.8 Å². The van der Waals surface area contributed by atoms with Crippen LogP contribution >= 0.6 is 0 Å². The molecular weight excluding hydrogens is 268 g/mol. The third-order valence-electron chi connectivity index (χ3n) is 4.31. The SMILES string of the molecule is CCN(CC)c1nc(N)nc(NCC2(CO)CCCC2)n1. The smallest absolute Gasteiger partial charge is 0.231 e. The number of aliphatic hydroxyl groups is 1. The molecule has 0 saturated heterocycles. The molecule has 7 heteroatoms. The summed E-state index contributed by atoms with van der Waals surface area (Å²) in [5.74, 6) is 1.31. The topological polar surface area (TPSA) is 100 Å². The lowest BCUT2D eigenvalue weighted by molar-refractivity contribution is 0.142. The summed E-state index contributed by atoms with van der Waals surface area (Å²) in [5.41, 5.74) is 5.73. The van der Waals surface area contributed by atoms with Crippen LogP contribution in [0.15, 0.2) is 0 Å². The Hall–Kier alpha value is -1.63. The summed E-state index contributed by atoms with van der Waals surface area (Å²) in [6, 6.07) is 0. The summed E-state index contributed by atoms with van der Waals surface area (Å²) in [6.45, 7) is 6.61. The average molecular weight is 294 g/mol. The molecule has 7 nitrogen and oxygen atoms in total. The van der Waals surface area contributed by atoms with Gasteiger partial charge >= 0.3 is 0 Å². The van der Waals surface area contributed by atoms with E-state index in [9.17, 15) is 5.11 Å². The zero-order chi connectivity index (χ0) is 15.3. The monoisotopic (exact) mass is 294 g/mol. The summed E-state index contributed by atoms with van der Waals surface area (Å²) in [6.07, 6.45) is 4.43. The quantitative estimate of drug-likeness (QED) is 0.696. The first-order valence-electron chi connectivity index (χ1n) is 7.73. The molecule has 1 heterocycles. The largest absolute Gasteiger partial charge is 0.396 e. The van der Waals surface area contributed by atoms with E-state index in [2.05, 4.69) is 34.1 Å². The molecule has 0 radical (unpaired) electrons. The molecule has 0 bridgehead atoms. The number of rotatable bonds is 7. The van der Waals surface area contributed by atoms with E-state index in [-0.39, 0.29) is 18.0 Å². The van der Waals surface area contributed by atoms with Crippen LogP contribution in [0.4, 0.5) is 17.8 Å². The number of hydrogen-bond donors (Lipinski definition) is 3. The van der Waals surface area contributed by atoms with Crippen LogP contribution in [0, 0.1) is 5.41 Å². The molecule has 1 aromatic rings. The Balaban J connectivity index is 2.09. The highest BCUT2D eigenvalue weighted by Crippen LogP contribution is 2.37. The van der Waals surface area contributed by atoms with Gasteiger partial charge in [0.1, 0.15) is 0 Å². The van der Waals surface area contributed by atoms with E-state index in [0.29, 0.717) is 18.4 Å². The van der Waals surface area contributed by atoms with Crippen LogP contribution in [-0.2, 0) is 0 Å². The molecule has 1 aliphatic rings. The Kier molecular flexibility index (Phi) is 5.17. The van der Waals surface area contributed by atoms with Gasteiger partial charge in [-0.25, -0.2) is 0 Å². The molecule has 1 aromatic heterocycles. The minimum absolute atomic E-state index is 0.0449. The van der Waals surface area contributed by atoms with E-state index >= 15 is 0 Å². The third-order valence-corrected chi connectivity index (χ3v) is 4.31. The van der Waals surface area contributed by atoms with E-state index in [1.807, 2.05) is 4.90 Å². The maximum Gasteiger partial charge on any atom is 0.231 e. The number of anilines is 3. The van der Waals surface area contributed by atoms with Crippen molar-refractivity contribution in [1.82, 2.24) is 15.0 Å². The lowest BCUT2D eigenvalue weighted by Gasteiger charge is -2.27. The second kappa shape index (κ2) is 6.89. The maximum atomic E-state index is 9.64. The van der Waals surface area contributed by atoms with E-state index < -0.39 is 0 Å². The van der Waals surface area contributed by atoms with Crippen molar-refractivity contribution in [1.29, 1.82) is 0 Å². The van der Waals surface area contributed by atoms with Gasteiger partial charge in [0.05, 0.1) is 6.61 Å². The summed E-state index contributed by atoms with van der Waals surface area (Å²) >= 11 is 0. The fraction of sp³-hybridized carbons (Fsp3) is 0.786. The van der Waals surface area contributed by atoms with Gasteiger partial charge in [-0.05, 0) is 26.7 Å². The molecule has 1 fully saturated rings. The molecule has 0 aromatic carbocycles. The average Bonchev–Trinajstić information content (AvgIpc) is 2.95. The fourth-order valence-corrected chi connectivity index (χ4v) is 2.89. The Morgan fingerprint density at radius 1 is 1.19 bits per heavy atom. The van der Waals surface area contributed by atoms with E-state index in [1.54, 1.807) is 0 Å². The van der Waals surface area contributed by atoms with Crippen LogP contribution in [-0.4, -0.2) is 46.3 Å². The molecular formula is C14H26N6O. The van der Waals surface area contributed by atoms with Gasteiger partial charge in [0.25, 0.3) is 0 Å². The number of nitrogen functional groups attached to an aromatic ring is 1. The van der Waals surface area contributed by atoms with Crippen LogP contribution in [0.25, 0.3) is 0 Å². The lowest BCUT2D eigenvalue weighted by Crippen LogP contribution is -2.31. The fourth-order valence-electron chi connectivity index (χ4n) is 2.89. The predicted octanol–water partition coefficient (Wildman–Crippen LogP) is 1.26. The Morgan fingerprint density at radius 3 is 2.43 bits per heavy atom. The molecule has 0 unspecified atom stereocenters. The Morgan fingerprint density at radius 2 is 1.86 bits per heavy atom. The number of aliphatic hydroxyl groups excluding tert-OH is 1. The van der Waals surface area contributed by atoms with Crippen LogP contribution in [0.2, 0.25) is 0 Å². The zero-order valence-electron chi connectivity index (χ0n) is 13.0. The number of aromatic nitrogens is 3. The minimum Gasteiger partial charge on any atom is -0.396 e.